The lowest BCUT2D eigenvalue weighted by atomic mass is 10.1. The molecule has 1 aromatic carbocycles. The van der Waals surface area contributed by atoms with Gasteiger partial charge >= 0.3 is 5.97 Å². The first-order valence-electron chi connectivity index (χ1n) is 9.78. The molecule has 8 nitrogen and oxygen atoms in total. The minimum Gasteiger partial charge on any atom is -0.454 e. The van der Waals surface area contributed by atoms with Gasteiger partial charge in [0.05, 0.1) is 11.0 Å². The van der Waals surface area contributed by atoms with Gasteiger partial charge in [-0.3, -0.25) is 9.59 Å². The maximum absolute atomic E-state index is 13.1. The molecule has 2 aromatic rings. The topological polar surface area (TPSA) is 104 Å². The second-order valence-electron chi connectivity index (χ2n) is 7.72. The van der Waals surface area contributed by atoms with Gasteiger partial charge in [-0.25, -0.2) is 8.42 Å². The molecule has 10 heteroatoms. The Kier molecular flexibility index (Phi) is 7.15. The molecule has 1 fully saturated rings. The van der Waals surface area contributed by atoms with Crippen molar-refractivity contribution in [1.29, 1.82) is 0 Å². The van der Waals surface area contributed by atoms with Crippen LogP contribution in [0.15, 0.2) is 39.9 Å². The summed E-state index contributed by atoms with van der Waals surface area (Å²) in [5.74, 6) is -1.25. The number of rotatable bonds is 7. The number of aryl methyl sites for hydroxylation is 2. The van der Waals surface area contributed by atoms with Gasteiger partial charge in [0, 0.05) is 26.6 Å². The Morgan fingerprint density at radius 3 is 2.65 bits per heavy atom. The number of likely N-dealkylation sites (N-methyl/N-ethyl adjacent to an activating group) is 1. The minimum absolute atomic E-state index is 0.0501. The Hall–Kier alpha value is -2.27. The molecule has 0 aliphatic carbocycles. The summed E-state index contributed by atoms with van der Waals surface area (Å²) in [5, 5.41) is 13.9. The molecule has 168 valence electrons. The molecule has 1 aromatic heterocycles. The van der Waals surface area contributed by atoms with Crippen molar-refractivity contribution in [2.75, 3.05) is 20.2 Å². The van der Waals surface area contributed by atoms with E-state index in [0.717, 1.165) is 21.0 Å². The van der Waals surface area contributed by atoms with Crippen molar-refractivity contribution in [3.63, 3.8) is 0 Å². The molecule has 3 rings (SSSR count). The first kappa shape index (κ1) is 23.4. The maximum atomic E-state index is 13.1. The van der Waals surface area contributed by atoms with E-state index in [1.165, 1.54) is 22.3 Å². The molecule has 1 aliphatic heterocycles. The molecule has 1 saturated heterocycles. The lowest BCUT2D eigenvalue weighted by Crippen LogP contribution is -2.42. The Morgan fingerprint density at radius 2 is 2.00 bits per heavy atom. The summed E-state index contributed by atoms with van der Waals surface area (Å²) in [7, 11) is -2.42. The van der Waals surface area contributed by atoms with Gasteiger partial charge in [0.1, 0.15) is 6.04 Å². The Bertz CT molecular complexity index is 1050. The average Bonchev–Trinajstić information content (AvgIpc) is 3.37. The van der Waals surface area contributed by atoms with Gasteiger partial charge in [-0.05, 0) is 59.5 Å². The van der Waals surface area contributed by atoms with Crippen LogP contribution in [0.1, 0.15) is 23.1 Å². The molecule has 0 saturated carbocycles. The first-order chi connectivity index (χ1) is 14.6. The number of thiophene rings is 1. The number of amides is 1. The monoisotopic (exact) mass is 466 g/mol. The molecule has 2 atom stereocenters. The van der Waals surface area contributed by atoms with Crippen LogP contribution in [0, 0.1) is 13.8 Å². The van der Waals surface area contributed by atoms with Gasteiger partial charge < -0.3 is 14.7 Å². The first-order valence-corrected chi connectivity index (χ1v) is 12.2. The largest absolute Gasteiger partial charge is 0.454 e. The van der Waals surface area contributed by atoms with Crippen molar-refractivity contribution < 1.29 is 27.9 Å². The number of benzene rings is 1. The highest BCUT2D eigenvalue weighted by molar-refractivity contribution is 7.89. The summed E-state index contributed by atoms with van der Waals surface area (Å²) in [6, 6.07) is 5.44. The number of β-amino-alcohol motifs (C(OH)–C–C–N with tert-alkyl or cyclic N) is 1. The van der Waals surface area contributed by atoms with Crippen molar-refractivity contribution in [2.24, 2.45) is 0 Å². The van der Waals surface area contributed by atoms with Crippen LogP contribution in [0.2, 0.25) is 0 Å². The highest BCUT2D eigenvalue weighted by Gasteiger charge is 2.44. The summed E-state index contributed by atoms with van der Waals surface area (Å²) in [6.07, 6.45) is -1.07. The quantitative estimate of drug-likeness (QED) is 0.623. The van der Waals surface area contributed by atoms with Crippen LogP contribution in [-0.2, 0) is 30.9 Å². The molecule has 1 amide bonds. The third kappa shape index (κ3) is 5.32. The number of esters is 1. The number of carbonyl (C=O) groups is 2. The fourth-order valence-corrected chi connectivity index (χ4v) is 5.73. The Morgan fingerprint density at radius 1 is 1.26 bits per heavy atom. The third-order valence-electron chi connectivity index (χ3n) is 5.35. The number of aliphatic hydroxyl groups is 1. The highest BCUT2D eigenvalue weighted by Crippen LogP contribution is 2.28. The zero-order valence-electron chi connectivity index (χ0n) is 17.6. The van der Waals surface area contributed by atoms with Gasteiger partial charge in [-0.2, -0.15) is 15.6 Å². The third-order valence-corrected chi connectivity index (χ3v) is 7.96. The number of hydrogen-bond acceptors (Lipinski definition) is 7. The molecule has 0 radical (unpaired) electrons. The van der Waals surface area contributed by atoms with Gasteiger partial charge in [0.2, 0.25) is 10.0 Å². The van der Waals surface area contributed by atoms with Crippen LogP contribution in [-0.4, -0.2) is 67.0 Å². The highest BCUT2D eigenvalue weighted by atomic mass is 32.2. The molecular formula is C21H26N2O6S2. The van der Waals surface area contributed by atoms with E-state index >= 15 is 0 Å². The number of ether oxygens (including phenoxy) is 1. The zero-order chi connectivity index (χ0) is 22.8. The lowest BCUT2D eigenvalue weighted by Gasteiger charge is -2.23. The summed E-state index contributed by atoms with van der Waals surface area (Å²) in [5.41, 5.74) is 2.72. The van der Waals surface area contributed by atoms with Crippen LogP contribution in [0.25, 0.3) is 0 Å². The van der Waals surface area contributed by atoms with E-state index < -0.39 is 40.7 Å². The van der Waals surface area contributed by atoms with E-state index in [9.17, 15) is 23.1 Å². The normalized spacial score (nSPS) is 19.4. The molecule has 0 spiro atoms. The van der Waals surface area contributed by atoms with E-state index in [1.54, 1.807) is 26.1 Å². The van der Waals surface area contributed by atoms with Crippen LogP contribution >= 0.6 is 11.3 Å². The van der Waals surface area contributed by atoms with Crippen LogP contribution in [0.5, 0.6) is 0 Å². The second kappa shape index (κ2) is 9.47. The van der Waals surface area contributed by atoms with Crippen molar-refractivity contribution >= 4 is 33.2 Å². The average molecular weight is 467 g/mol. The van der Waals surface area contributed by atoms with E-state index in [2.05, 4.69) is 0 Å². The molecular weight excluding hydrogens is 440 g/mol. The van der Waals surface area contributed by atoms with Crippen LogP contribution in [0.4, 0.5) is 0 Å². The fraction of sp³-hybridized carbons (Fsp3) is 0.429. The summed E-state index contributed by atoms with van der Waals surface area (Å²) < 4.78 is 32.3. The number of nitrogens with zero attached hydrogens (tertiary/aromatic N) is 2. The van der Waals surface area contributed by atoms with Crippen molar-refractivity contribution in [3.8, 4) is 0 Å². The van der Waals surface area contributed by atoms with Gasteiger partial charge in [-0.1, -0.05) is 6.07 Å². The van der Waals surface area contributed by atoms with Gasteiger partial charge in [0.25, 0.3) is 5.91 Å². The Labute approximate surface area is 186 Å². The second-order valence-corrected chi connectivity index (χ2v) is 10.4. The fourth-order valence-electron chi connectivity index (χ4n) is 3.36. The van der Waals surface area contributed by atoms with Crippen LogP contribution < -0.4 is 0 Å². The number of hydrogen-bond donors (Lipinski definition) is 1. The van der Waals surface area contributed by atoms with Crippen molar-refractivity contribution in [1.82, 2.24) is 9.21 Å². The number of carbonyl (C=O) groups excluding carboxylic acids is 2. The summed E-state index contributed by atoms with van der Waals surface area (Å²) in [6.45, 7) is 3.36. The molecule has 0 bridgehead atoms. The van der Waals surface area contributed by atoms with E-state index in [-0.39, 0.29) is 17.9 Å². The van der Waals surface area contributed by atoms with E-state index in [1.807, 2.05) is 23.8 Å². The predicted octanol–water partition coefficient (Wildman–Crippen LogP) is 1.69. The predicted molar refractivity (Wildman–Crippen MR) is 116 cm³/mol. The summed E-state index contributed by atoms with van der Waals surface area (Å²) >= 11 is 1.52. The van der Waals surface area contributed by atoms with Gasteiger partial charge in [0.15, 0.2) is 6.61 Å². The number of aliphatic hydroxyl groups excluding tert-OH is 1. The van der Waals surface area contributed by atoms with E-state index in [4.69, 9.17) is 4.74 Å². The molecule has 1 aliphatic rings. The maximum Gasteiger partial charge on any atom is 0.325 e. The van der Waals surface area contributed by atoms with Gasteiger partial charge in [-0.15, -0.1) is 0 Å². The SMILES string of the molecule is Cc1ccc(S(=O)(=O)N2CC(O)CC2C(=O)OCC(=O)N(C)Cc2ccsc2)cc1C. The van der Waals surface area contributed by atoms with Crippen molar-refractivity contribution in [2.45, 2.75) is 43.9 Å². The minimum atomic E-state index is -4.02. The zero-order valence-corrected chi connectivity index (χ0v) is 19.3. The molecule has 31 heavy (non-hydrogen) atoms. The van der Waals surface area contributed by atoms with Crippen LogP contribution in [0.3, 0.4) is 0 Å². The number of sulfonamides is 1. The Balaban J connectivity index is 1.67. The van der Waals surface area contributed by atoms with Crippen molar-refractivity contribution in [3.05, 3.63) is 51.7 Å². The molecule has 2 unspecified atom stereocenters. The lowest BCUT2D eigenvalue weighted by molar-refractivity contribution is -0.154. The summed E-state index contributed by atoms with van der Waals surface area (Å²) in [4.78, 5) is 26.4. The smallest absolute Gasteiger partial charge is 0.325 e. The standard InChI is InChI=1S/C21H26N2O6S2/c1-14-4-5-18(8-15(14)2)31(27,28)23-11-17(24)9-19(23)21(26)29-12-20(25)22(3)10-16-6-7-30-13-16/h4-8,13,17,19,24H,9-12H2,1-3H3. The molecule has 2 heterocycles. The molecule has 1 N–H and O–H groups in total. The van der Waals surface area contributed by atoms with E-state index in [0.29, 0.717) is 6.54 Å².